The molecule has 3 heteroatoms. The fourth-order valence-electron chi connectivity index (χ4n) is 1.96. The molecule has 1 aromatic heterocycles. The third kappa shape index (κ3) is 2.74. The summed E-state index contributed by atoms with van der Waals surface area (Å²) in [5.41, 5.74) is 2.49. The van der Waals surface area contributed by atoms with Gasteiger partial charge >= 0.3 is 0 Å². The summed E-state index contributed by atoms with van der Waals surface area (Å²) in [5, 5.41) is 3.15. The van der Waals surface area contributed by atoms with Crippen LogP contribution >= 0.6 is 0 Å². The van der Waals surface area contributed by atoms with Crippen LogP contribution in [0.3, 0.4) is 0 Å². The van der Waals surface area contributed by atoms with E-state index >= 15 is 0 Å². The summed E-state index contributed by atoms with van der Waals surface area (Å²) < 4.78 is 2.16. The van der Waals surface area contributed by atoms with E-state index in [9.17, 15) is 0 Å². The van der Waals surface area contributed by atoms with Crippen molar-refractivity contribution in [3.8, 4) is 5.69 Å². The maximum atomic E-state index is 4.39. The summed E-state index contributed by atoms with van der Waals surface area (Å²) >= 11 is 0. The summed E-state index contributed by atoms with van der Waals surface area (Å²) in [6.07, 6.45) is 6.03. The summed E-state index contributed by atoms with van der Waals surface area (Å²) in [6, 6.07) is 8.60. The van der Waals surface area contributed by atoms with E-state index in [0.29, 0.717) is 0 Å². The third-order valence-corrected chi connectivity index (χ3v) is 2.79. The molecule has 17 heavy (non-hydrogen) atoms. The smallest absolute Gasteiger partial charge is 0.113 e. The first-order chi connectivity index (χ1) is 8.35. The fourth-order valence-corrected chi connectivity index (χ4v) is 1.96. The Morgan fingerprint density at radius 1 is 1.24 bits per heavy atom. The van der Waals surface area contributed by atoms with Gasteiger partial charge in [-0.15, -0.1) is 0 Å². The average molecular weight is 229 g/mol. The van der Waals surface area contributed by atoms with E-state index in [-0.39, 0.29) is 0 Å². The zero-order valence-corrected chi connectivity index (χ0v) is 10.5. The van der Waals surface area contributed by atoms with Crippen LogP contribution in [0.25, 0.3) is 5.69 Å². The van der Waals surface area contributed by atoms with Crippen molar-refractivity contribution in [3.05, 3.63) is 48.0 Å². The first-order valence-electron chi connectivity index (χ1n) is 6.11. The van der Waals surface area contributed by atoms with Gasteiger partial charge in [-0.1, -0.05) is 19.1 Å². The minimum atomic E-state index is 0.909. The molecule has 0 aliphatic heterocycles. The van der Waals surface area contributed by atoms with E-state index in [4.69, 9.17) is 0 Å². The van der Waals surface area contributed by atoms with Gasteiger partial charge in [-0.2, -0.15) is 0 Å². The first kappa shape index (κ1) is 11.9. The predicted molar refractivity (Wildman–Crippen MR) is 70.3 cm³/mol. The Labute approximate surface area is 103 Å². The molecule has 0 bridgehead atoms. The van der Waals surface area contributed by atoms with Crippen LogP contribution in [0.15, 0.2) is 36.7 Å². The van der Waals surface area contributed by atoms with Crippen LogP contribution in [0.2, 0.25) is 0 Å². The van der Waals surface area contributed by atoms with Gasteiger partial charge in [0.05, 0.1) is 0 Å². The monoisotopic (exact) mass is 229 g/mol. The molecule has 0 saturated heterocycles. The quantitative estimate of drug-likeness (QED) is 0.854. The summed E-state index contributed by atoms with van der Waals surface area (Å²) in [7, 11) is 1.96. The SMILES string of the molecule is CCCc1nccn1-c1ccc(CNC)cc1. The molecule has 1 N–H and O–H groups in total. The molecule has 0 aliphatic carbocycles. The Kier molecular flexibility index (Phi) is 3.94. The number of aromatic nitrogens is 2. The van der Waals surface area contributed by atoms with Gasteiger partial charge in [0.25, 0.3) is 0 Å². The molecule has 2 aromatic rings. The highest BCUT2D eigenvalue weighted by atomic mass is 15.1. The van der Waals surface area contributed by atoms with Crippen molar-refractivity contribution >= 4 is 0 Å². The number of hydrogen-bond acceptors (Lipinski definition) is 2. The van der Waals surface area contributed by atoms with Crippen molar-refractivity contribution in [2.24, 2.45) is 0 Å². The molecule has 0 unspecified atom stereocenters. The Morgan fingerprint density at radius 3 is 2.65 bits per heavy atom. The summed E-state index contributed by atoms with van der Waals surface area (Å²) in [5.74, 6) is 1.13. The van der Waals surface area contributed by atoms with Gasteiger partial charge in [-0.3, -0.25) is 0 Å². The number of imidazole rings is 1. The van der Waals surface area contributed by atoms with Crippen molar-refractivity contribution in [1.29, 1.82) is 0 Å². The number of rotatable bonds is 5. The number of benzene rings is 1. The van der Waals surface area contributed by atoms with Crippen LogP contribution in [0.4, 0.5) is 0 Å². The molecule has 1 aromatic carbocycles. The van der Waals surface area contributed by atoms with Gasteiger partial charge in [0.1, 0.15) is 5.82 Å². The molecule has 2 rings (SSSR count). The number of aryl methyl sites for hydroxylation is 1. The lowest BCUT2D eigenvalue weighted by Gasteiger charge is -2.08. The molecule has 0 spiro atoms. The molecule has 1 heterocycles. The molecular weight excluding hydrogens is 210 g/mol. The van der Waals surface area contributed by atoms with Crippen LogP contribution in [-0.2, 0) is 13.0 Å². The lowest BCUT2D eigenvalue weighted by Crippen LogP contribution is -2.05. The Balaban J connectivity index is 2.23. The van der Waals surface area contributed by atoms with Crippen molar-refractivity contribution < 1.29 is 0 Å². The van der Waals surface area contributed by atoms with Crippen LogP contribution < -0.4 is 5.32 Å². The van der Waals surface area contributed by atoms with E-state index in [1.165, 1.54) is 11.3 Å². The van der Waals surface area contributed by atoms with Crippen molar-refractivity contribution in [2.45, 2.75) is 26.3 Å². The van der Waals surface area contributed by atoms with Crippen molar-refractivity contribution in [3.63, 3.8) is 0 Å². The molecular formula is C14H19N3. The maximum absolute atomic E-state index is 4.39. The van der Waals surface area contributed by atoms with Gasteiger partial charge in [0.2, 0.25) is 0 Å². The molecule has 3 nitrogen and oxygen atoms in total. The second-order valence-electron chi connectivity index (χ2n) is 4.16. The highest BCUT2D eigenvalue weighted by molar-refractivity contribution is 5.36. The van der Waals surface area contributed by atoms with Crippen molar-refractivity contribution in [2.75, 3.05) is 7.05 Å². The van der Waals surface area contributed by atoms with Gasteiger partial charge in [0, 0.05) is 31.0 Å². The van der Waals surface area contributed by atoms with Gasteiger partial charge in [0.15, 0.2) is 0 Å². The first-order valence-corrected chi connectivity index (χ1v) is 6.11. The number of hydrogen-bond donors (Lipinski definition) is 1. The molecule has 0 saturated carbocycles. The summed E-state index contributed by atoms with van der Waals surface area (Å²) in [6.45, 7) is 3.08. The zero-order valence-electron chi connectivity index (χ0n) is 10.5. The second-order valence-corrected chi connectivity index (χ2v) is 4.16. The minimum absolute atomic E-state index is 0.909. The molecule has 0 fully saturated rings. The minimum Gasteiger partial charge on any atom is -0.316 e. The van der Waals surface area contributed by atoms with E-state index in [1.54, 1.807) is 0 Å². The second kappa shape index (κ2) is 5.64. The lowest BCUT2D eigenvalue weighted by atomic mass is 10.2. The van der Waals surface area contributed by atoms with Crippen LogP contribution in [0.5, 0.6) is 0 Å². The molecule has 0 amide bonds. The zero-order chi connectivity index (χ0) is 12.1. The van der Waals surface area contributed by atoms with E-state index < -0.39 is 0 Å². The van der Waals surface area contributed by atoms with Gasteiger partial charge in [-0.05, 0) is 31.2 Å². The lowest BCUT2D eigenvalue weighted by molar-refractivity contribution is 0.804. The van der Waals surface area contributed by atoms with E-state index in [0.717, 1.165) is 25.2 Å². The van der Waals surface area contributed by atoms with Crippen molar-refractivity contribution in [1.82, 2.24) is 14.9 Å². The molecule has 0 radical (unpaired) electrons. The van der Waals surface area contributed by atoms with Gasteiger partial charge in [-0.25, -0.2) is 4.98 Å². The van der Waals surface area contributed by atoms with Crippen LogP contribution in [-0.4, -0.2) is 16.6 Å². The van der Waals surface area contributed by atoms with E-state index in [2.05, 4.69) is 46.1 Å². The van der Waals surface area contributed by atoms with Crippen LogP contribution in [0, 0.1) is 0 Å². The average Bonchev–Trinajstić information content (AvgIpc) is 2.79. The molecule has 0 aliphatic rings. The van der Waals surface area contributed by atoms with E-state index in [1.807, 2.05) is 19.4 Å². The topological polar surface area (TPSA) is 29.9 Å². The molecule has 90 valence electrons. The number of nitrogens with one attached hydrogen (secondary N) is 1. The summed E-state index contributed by atoms with van der Waals surface area (Å²) in [4.78, 5) is 4.39. The highest BCUT2D eigenvalue weighted by Gasteiger charge is 2.03. The van der Waals surface area contributed by atoms with Gasteiger partial charge < -0.3 is 9.88 Å². The molecule has 0 atom stereocenters. The Bertz CT molecular complexity index is 457. The largest absolute Gasteiger partial charge is 0.316 e. The number of nitrogens with zero attached hydrogens (tertiary/aromatic N) is 2. The third-order valence-electron chi connectivity index (χ3n) is 2.79. The van der Waals surface area contributed by atoms with Crippen LogP contribution in [0.1, 0.15) is 24.7 Å². The standard InChI is InChI=1S/C14H19N3/c1-3-4-14-16-9-10-17(14)13-7-5-12(6-8-13)11-15-2/h5-10,15H,3-4,11H2,1-2H3. The fraction of sp³-hybridized carbons (Fsp3) is 0.357. The normalized spacial score (nSPS) is 10.7. The highest BCUT2D eigenvalue weighted by Crippen LogP contribution is 2.13. The Hall–Kier alpha value is -1.61. The maximum Gasteiger partial charge on any atom is 0.113 e. The predicted octanol–water partition coefficient (Wildman–Crippen LogP) is 2.54. The Morgan fingerprint density at radius 2 is 2.00 bits per heavy atom.